The summed E-state index contributed by atoms with van der Waals surface area (Å²) in [5, 5.41) is 3.41. The van der Waals surface area contributed by atoms with E-state index in [1.54, 1.807) is 0 Å². The molecule has 1 unspecified atom stereocenters. The maximum absolute atomic E-state index is 3.80. The topological polar surface area (TPSA) is 12.0 Å². The lowest BCUT2D eigenvalue weighted by Crippen LogP contribution is -2.16. The highest BCUT2D eigenvalue weighted by atomic mass is 14.9. The van der Waals surface area contributed by atoms with E-state index in [0.717, 1.165) is 5.70 Å². The van der Waals surface area contributed by atoms with Crippen molar-refractivity contribution in [2.75, 3.05) is 0 Å². The second kappa shape index (κ2) is 6.67. The summed E-state index contributed by atoms with van der Waals surface area (Å²) >= 11 is 0. The average Bonchev–Trinajstić information content (AvgIpc) is 2.35. The van der Waals surface area contributed by atoms with Gasteiger partial charge >= 0.3 is 0 Å². The van der Waals surface area contributed by atoms with Gasteiger partial charge in [-0.25, -0.2) is 0 Å². The van der Waals surface area contributed by atoms with Gasteiger partial charge < -0.3 is 5.32 Å². The number of hydrogen-bond acceptors (Lipinski definition) is 1. The third-order valence-corrected chi connectivity index (χ3v) is 2.37. The van der Waals surface area contributed by atoms with Gasteiger partial charge in [-0.2, -0.15) is 0 Å². The lowest BCUT2D eigenvalue weighted by atomic mass is 10.1. The van der Waals surface area contributed by atoms with Gasteiger partial charge in [-0.05, 0) is 31.6 Å². The fraction of sp³-hybridized carbons (Fsp3) is 0.200. The summed E-state index contributed by atoms with van der Waals surface area (Å²) in [4.78, 5) is 0. The van der Waals surface area contributed by atoms with E-state index >= 15 is 0 Å². The number of rotatable bonds is 5. The molecule has 16 heavy (non-hydrogen) atoms. The Labute approximate surface area is 98.2 Å². The molecule has 0 saturated carbocycles. The van der Waals surface area contributed by atoms with Crippen LogP contribution in [0, 0.1) is 0 Å². The monoisotopic (exact) mass is 213 g/mol. The summed E-state index contributed by atoms with van der Waals surface area (Å²) in [6.45, 7) is 7.94. The Morgan fingerprint density at radius 3 is 2.56 bits per heavy atom. The van der Waals surface area contributed by atoms with Gasteiger partial charge in [-0.15, -0.1) is 0 Å². The lowest BCUT2D eigenvalue weighted by Gasteiger charge is -2.15. The largest absolute Gasteiger partial charge is 0.379 e. The third-order valence-electron chi connectivity index (χ3n) is 2.37. The molecule has 1 N–H and O–H groups in total. The van der Waals surface area contributed by atoms with Crippen molar-refractivity contribution in [2.24, 2.45) is 0 Å². The minimum atomic E-state index is 0.288. The Kier molecular flexibility index (Phi) is 5.13. The molecule has 1 aromatic carbocycles. The number of allylic oxidation sites excluding steroid dienone is 4. The standard InChI is InChI=1S/C15H19N/c1-4-6-12-15(5-2)16-13(3)14-10-8-7-9-11-14/h4-13,16H,2H2,1,3H3/b6-4-,15-12+. The minimum Gasteiger partial charge on any atom is -0.379 e. The Balaban J connectivity index is 2.70. The van der Waals surface area contributed by atoms with E-state index in [2.05, 4.69) is 43.1 Å². The highest BCUT2D eigenvalue weighted by Crippen LogP contribution is 2.13. The molecule has 0 bridgehead atoms. The van der Waals surface area contributed by atoms with Gasteiger partial charge in [0.15, 0.2) is 0 Å². The first-order chi connectivity index (χ1) is 7.77. The summed E-state index contributed by atoms with van der Waals surface area (Å²) in [5.74, 6) is 0. The van der Waals surface area contributed by atoms with Crippen molar-refractivity contribution in [1.82, 2.24) is 5.32 Å². The van der Waals surface area contributed by atoms with Crippen LogP contribution in [0.1, 0.15) is 25.5 Å². The van der Waals surface area contributed by atoms with Crippen LogP contribution in [0.15, 0.2) is 66.9 Å². The summed E-state index contributed by atoms with van der Waals surface area (Å²) in [6, 6.07) is 10.7. The molecule has 1 heteroatoms. The fourth-order valence-corrected chi connectivity index (χ4v) is 1.45. The van der Waals surface area contributed by atoms with Gasteiger partial charge in [0.05, 0.1) is 0 Å². The smallest absolute Gasteiger partial charge is 0.0485 e. The molecular weight excluding hydrogens is 194 g/mol. The molecule has 0 spiro atoms. The first-order valence-corrected chi connectivity index (χ1v) is 5.54. The SMILES string of the molecule is C=C/C(=C\C=C/C)NC(C)c1ccccc1. The molecule has 0 aliphatic rings. The third kappa shape index (κ3) is 3.77. The number of nitrogens with one attached hydrogen (secondary N) is 1. The molecule has 0 heterocycles. The van der Waals surface area contributed by atoms with Crippen molar-refractivity contribution >= 4 is 0 Å². The quantitative estimate of drug-likeness (QED) is 0.729. The summed E-state index contributed by atoms with van der Waals surface area (Å²) in [7, 11) is 0. The van der Waals surface area contributed by atoms with Gasteiger partial charge in [0.2, 0.25) is 0 Å². The summed E-state index contributed by atoms with van der Waals surface area (Å²) in [5.41, 5.74) is 2.31. The zero-order valence-corrected chi connectivity index (χ0v) is 9.98. The molecule has 0 saturated heterocycles. The predicted octanol–water partition coefficient (Wildman–Crippen LogP) is 3.98. The van der Waals surface area contributed by atoms with Gasteiger partial charge in [0.25, 0.3) is 0 Å². The van der Waals surface area contributed by atoms with Crippen LogP contribution in [0.4, 0.5) is 0 Å². The van der Waals surface area contributed by atoms with Crippen LogP contribution in [-0.4, -0.2) is 0 Å². The summed E-state index contributed by atoms with van der Waals surface area (Å²) in [6.07, 6.45) is 7.85. The molecule has 0 aromatic heterocycles. The van der Waals surface area contributed by atoms with Gasteiger partial charge in [0.1, 0.15) is 0 Å². The first kappa shape index (κ1) is 12.3. The highest BCUT2D eigenvalue weighted by molar-refractivity contribution is 5.25. The molecule has 1 rings (SSSR count). The normalized spacial score (nSPS) is 13.8. The zero-order valence-electron chi connectivity index (χ0n) is 9.98. The average molecular weight is 213 g/mol. The van der Waals surface area contributed by atoms with Crippen molar-refractivity contribution in [3.05, 3.63) is 72.5 Å². The fourth-order valence-electron chi connectivity index (χ4n) is 1.45. The van der Waals surface area contributed by atoms with E-state index in [1.807, 2.05) is 37.3 Å². The molecule has 1 atom stereocenters. The molecular formula is C15H19N. The first-order valence-electron chi connectivity index (χ1n) is 5.54. The maximum atomic E-state index is 3.80. The van der Waals surface area contributed by atoms with Crippen molar-refractivity contribution in [3.63, 3.8) is 0 Å². The van der Waals surface area contributed by atoms with E-state index < -0.39 is 0 Å². The van der Waals surface area contributed by atoms with Crippen molar-refractivity contribution in [2.45, 2.75) is 19.9 Å². The maximum Gasteiger partial charge on any atom is 0.0485 e. The Bertz CT molecular complexity index is 374. The van der Waals surface area contributed by atoms with Crippen LogP contribution in [0.5, 0.6) is 0 Å². The zero-order chi connectivity index (χ0) is 11.8. The second-order valence-corrected chi connectivity index (χ2v) is 3.63. The molecule has 0 radical (unpaired) electrons. The number of hydrogen-bond donors (Lipinski definition) is 1. The molecule has 1 aromatic rings. The molecule has 0 amide bonds. The van der Waals surface area contributed by atoms with Crippen LogP contribution < -0.4 is 5.32 Å². The highest BCUT2D eigenvalue weighted by Gasteiger charge is 2.03. The van der Waals surface area contributed by atoms with Crippen molar-refractivity contribution < 1.29 is 0 Å². The van der Waals surface area contributed by atoms with E-state index in [1.165, 1.54) is 5.56 Å². The number of benzene rings is 1. The molecule has 0 fully saturated rings. The predicted molar refractivity (Wildman–Crippen MR) is 71.1 cm³/mol. The van der Waals surface area contributed by atoms with Crippen LogP contribution >= 0.6 is 0 Å². The van der Waals surface area contributed by atoms with Crippen molar-refractivity contribution in [3.8, 4) is 0 Å². The molecule has 0 aliphatic carbocycles. The van der Waals surface area contributed by atoms with E-state index in [4.69, 9.17) is 0 Å². The van der Waals surface area contributed by atoms with E-state index in [0.29, 0.717) is 0 Å². The Morgan fingerprint density at radius 1 is 1.31 bits per heavy atom. The summed E-state index contributed by atoms with van der Waals surface area (Å²) < 4.78 is 0. The van der Waals surface area contributed by atoms with Crippen molar-refractivity contribution in [1.29, 1.82) is 0 Å². The van der Waals surface area contributed by atoms with Gasteiger partial charge in [-0.1, -0.05) is 49.1 Å². The van der Waals surface area contributed by atoms with Crippen LogP contribution in [0.25, 0.3) is 0 Å². The second-order valence-electron chi connectivity index (χ2n) is 3.63. The van der Waals surface area contributed by atoms with Crippen LogP contribution in [0.2, 0.25) is 0 Å². The minimum absolute atomic E-state index is 0.288. The Morgan fingerprint density at radius 2 is 2.00 bits per heavy atom. The molecule has 0 aliphatic heterocycles. The van der Waals surface area contributed by atoms with Gasteiger partial charge in [-0.3, -0.25) is 0 Å². The van der Waals surface area contributed by atoms with E-state index in [-0.39, 0.29) is 6.04 Å². The lowest BCUT2D eigenvalue weighted by molar-refractivity contribution is 0.665. The van der Waals surface area contributed by atoms with Gasteiger partial charge in [0, 0.05) is 11.7 Å². The van der Waals surface area contributed by atoms with E-state index in [9.17, 15) is 0 Å². The molecule has 84 valence electrons. The van der Waals surface area contributed by atoms with Crippen LogP contribution in [-0.2, 0) is 0 Å². The van der Waals surface area contributed by atoms with Crippen LogP contribution in [0.3, 0.4) is 0 Å². The molecule has 1 nitrogen and oxygen atoms in total. The Hall–Kier alpha value is -1.76.